The summed E-state index contributed by atoms with van der Waals surface area (Å²) in [7, 11) is 5.81. The molecule has 1 saturated carbocycles. The van der Waals surface area contributed by atoms with Gasteiger partial charge < -0.3 is 15.0 Å². The second-order valence-corrected chi connectivity index (χ2v) is 6.53. The van der Waals surface area contributed by atoms with E-state index in [2.05, 4.69) is 24.3 Å². The summed E-state index contributed by atoms with van der Waals surface area (Å²) in [6, 6.07) is 5.72. The fourth-order valence-electron chi connectivity index (χ4n) is 3.47. The average Bonchev–Trinajstić information content (AvgIpc) is 2.52. The first-order valence-electron chi connectivity index (χ1n) is 8.31. The van der Waals surface area contributed by atoms with Crippen LogP contribution in [0, 0.1) is 11.7 Å². The number of nitrogens with zero attached hydrogens (tertiary/aromatic N) is 1. The van der Waals surface area contributed by atoms with Crippen molar-refractivity contribution in [2.45, 2.75) is 44.7 Å². The Labute approximate surface area is 133 Å². The van der Waals surface area contributed by atoms with Gasteiger partial charge in [0.1, 0.15) is 0 Å². The number of likely N-dealkylation sites (N-methyl/N-ethyl adjacent to an activating group) is 1. The normalized spacial score (nSPS) is 17.7. The first-order chi connectivity index (χ1) is 10.6. The monoisotopic (exact) mass is 308 g/mol. The van der Waals surface area contributed by atoms with Crippen LogP contribution in [0.5, 0.6) is 5.75 Å². The Morgan fingerprint density at radius 3 is 2.59 bits per heavy atom. The third-order valence-electron chi connectivity index (χ3n) is 4.76. The van der Waals surface area contributed by atoms with Crippen LogP contribution in [0.3, 0.4) is 0 Å². The van der Waals surface area contributed by atoms with Gasteiger partial charge in [-0.3, -0.25) is 0 Å². The van der Waals surface area contributed by atoms with Gasteiger partial charge in [-0.2, -0.15) is 0 Å². The molecule has 1 unspecified atom stereocenters. The van der Waals surface area contributed by atoms with Gasteiger partial charge in [-0.25, -0.2) is 4.39 Å². The molecule has 0 aliphatic heterocycles. The maximum atomic E-state index is 13.7. The molecule has 2 rings (SSSR count). The highest BCUT2D eigenvalue weighted by Gasteiger charge is 2.24. The van der Waals surface area contributed by atoms with E-state index in [0.29, 0.717) is 18.3 Å². The van der Waals surface area contributed by atoms with Crippen LogP contribution in [0.1, 0.15) is 37.7 Å². The van der Waals surface area contributed by atoms with Crippen molar-refractivity contribution < 1.29 is 9.13 Å². The van der Waals surface area contributed by atoms with E-state index >= 15 is 0 Å². The maximum Gasteiger partial charge on any atom is 0.165 e. The fraction of sp³-hybridized carbons (Fsp3) is 0.667. The van der Waals surface area contributed by atoms with Gasteiger partial charge in [0.2, 0.25) is 0 Å². The Bertz CT molecular complexity index is 458. The lowest BCUT2D eigenvalue weighted by molar-refractivity contribution is 0.166. The van der Waals surface area contributed by atoms with E-state index in [4.69, 9.17) is 4.74 Å². The number of methoxy groups -OCH3 is 1. The molecule has 1 fully saturated rings. The zero-order chi connectivity index (χ0) is 15.9. The number of ether oxygens (including phenoxy) is 1. The van der Waals surface area contributed by atoms with Crippen LogP contribution in [-0.2, 0) is 6.54 Å². The first kappa shape index (κ1) is 17.2. The number of hydrogen-bond donors (Lipinski definition) is 1. The Balaban J connectivity index is 1.86. The lowest BCUT2D eigenvalue weighted by atomic mass is 9.83. The van der Waals surface area contributed by atoms with Gasteiger partial charge in [0, 0.05) is 19.1 Å². The molecule has 0 aromatic heterocycles. The summed E-state index contributed by atoms with van der Waals surface area (Å²) in [6.07, 6.45) is 6.77. The van der Waals surface area contributed by atoms with Crippen molar-refractivity contribution in [2.24, 2.45) is 5.92 Å². The molecule has 1 aliphatic carbocycles. The molecule has 124 valence electrons. The minimum Gasteiger partial charge on any atom is -0.494 e. The van der Waals surface area contributed by atoms with Crippen LogP contribution in [-0.4, -0.2) is 38.7 Å². The van der Waals surface area contributed by atoms with Gasteiger partial charge in [0.25, 0.3) is 0 Å². The minimum atomic E-state index is -0.293. The Morgan fingerprint density at radius 2 is 2.00 bits per heavy atom. The zero-order valence-electron chi connectivity index (χ0n) is 14.1. The largest absolute Gasteiger partial charge is 0.494 e. The van der Waals surface area contributed by atoms with Crippen molar-refractivity contribution >= 4 is 0 Å². The van der Waals surface area contributed by atoms with Gasteiger partial charge >= 0.3 is 0 Å². The molecular weight excluding hydrogens is 279 g/mol. The summed E-state index contributed by atoms with van der Waals surface area (Å²) in [5.74, 6) is 0.791. The third kappa shape index (κ3) is 4.68. The van der Waals surface area contributed by atoms with Crippen molar-refractivity contribution in [3.05, 3.63) is 29.6 Å². The summed E-state index contributed by atoms with van der Waals surface area (Å²) in [6.45, 7) is 1.64. The molecule has 0 spiro atoms. The average molecular weight is 308 g/mol. The van der Waals surface area contributed by atoms with Crippen LogP contribution < -0.4 is 10.1 Å². The standard InChI is InChI=1S/C18H29FN2O/c1-21(2)17(15-7-5-4-6-8-15)13-20-12-14-9-10-18(22-3)16(19)11-14/h9-11,15,17,20H,4-8,12-13H2,1-3H3. The summed E-state index contributed by atoms with van der Waals surface area (Å²) >= 11 is 0. The second kappa shape index (κ2) is 8.49. The van der Waals surface area contributed by atoms with Crippen LogP contribution in [0.25, 0.3) is 0 Å². The smallest absolute Gasteiger partial charge is 0.165 e. The van der Waals surface area contributed by atoms with Crippen molar-refractivity contribution in [1.29, 1.82) is 0 Å². The van der Waals surface area contributed by atoms with Gasteiger partial charge in [0.05, 0.1) is 7.11 Å². The Kier molecular flexibility index (Phi) is 6.65. The number of benzene rings is 1. The van der Waals surface area contributed by atoms with E-state index in [1.807, 2.05) is 6.07 Å². The summed E-state index contributed by atoms with van der Waals surface area (Å²) in [4.78, 5) is 2.33. The highest BCUT2D eigenvalue weighted by Crippen LogP contribution is 2.28. The van der Waals surface area contributed by atoms with Crippen molar-refractivity contribution in [1.82, 2.24) is 10.2 Å². The molecule has 0 amide bonds. The summed E-state index contributed by atoms with van der Waals surface area (Å²) < 4.78 is 18.6. The van der Waals surface area contributed by atoms with Gasteiger partial charge in [0.15, 0.2) is 11.6 Å². The van der Waals surface area contributed by atoms with Gasteiger partial charge in [-0.05, 0) is 50.6 Å². The van der Waals surface area contributed by atoms with Crippen LogP contribution in [0.4, 0.5) is 4.39 Å². The van der Waals surface area contributed by atoms with E-state index in [0.717, 1.165) is 18.0 Å². The molecule has 1 aromatic rings. The lowest BCUT2D eigenvalue weighted by Crippen LogP contribution is -2.43. The first-order valence-corrected chi connectivity index (χ1v) is 8.31. The molecule has 1 aromatic carbocycles. The highest BCUT2D eigenvalue weighted by molar-refractivity contribution is 5.29. The zero-order valence-corrected chi connectivity index (χ0v) is 14.1. The predicted molar refractivity (Wildman–Crippen MR) is 88.7 cm³/mol. The van der Waals surface area contributed by atoms with Crippen molar-refractivity contribution in [3.8, 4) is 5.75 Å². The van der Waals surface area contributed by atoms with Crippen LogP contribution in [0.2, 0.25) is 0 Å². The number of rotatable bonds is 7. The van der Waals surface area contributed by atoms with E-state index in [9.17, 15) is 4.39 Å². The van der Waals surface area contributed by atoms with Crippen LogP contribution in [0.15, 0.2) is 18.2 Å². The number of nitrogens with one attached hydrogen (secondary N) is 1. The van der Waals surface area contributed by atoms with Crippen molar-refractivity contribution in [2.75, 3.05) is 27.7 Å². The van der Waals surface area contributed by atoms with E-state index in [-0.39, 0.29) is 5.82 Å². The highest BCUT2D eigenvalue weighted by atomic mass is 19.1. The van der Waals surface area contributed by atoms with Crippen LogP contribution >= 0.6 is 0 Å². The fourth-order valence-corrected chi connectivity index (χ4v) is 3.47. The molecule has 4 heteroatoms. The van der Waals surface area contributed by atoms with E-state index in [1.54, 1.807) is 12.1 Å². The molecule has 22 heavy (non-hydrogen) atoms. The molecule has 1 aliphatic rings. The lowest BCUT2D eigenvalue weighted by Gasteiger charge is -2.35. The second-order valence-electron chi connectivity index (χ2n) is 6.53. The van der Waals surface area contributed by atoms with Gasteiger partial charge in [-0.15, -0.1) is 0 Å². The summed E-state index contributed by atoms with van der Waals surface area (Å²) in [5.41, 5.74) is 0.958. The Morgan fingerprint density at radius 1 is 1.27 bits per heavy atom. The maximum absolute atomic E-state index is 13.7. The molecule has 3 nitrogen and oxygen atoms in total. The van der Waals surface area contributed by atoms with Crippen molar-refractivity contribution in [3.63, 3.8) is 0 Å². The number of halogens is 1. The molecular formula is C18H29FN2O. The molecule has 0 saturated heterocycles. The molecule has 0 radical (unpaired) electrons. The molecule has 1 N–H and O–H groups in total. The SMILES string of the molecule is COc1ccc(CNCC(C2CCCCC2)N(C)C)cc1F. The third-order valence-corrected chi connectivity index (χ3v) is 4.76. The van der Waals surface area contributed by atoms with E-state index in [1.165, 1.54) is 39.2 Å². The topological polar surface area (TPSA) is 24.5 Å². The Hall–Kier alpha value is -1.13. The van der Waals surface area contributed by atoms with Gasteiger partial charge in [-0.1, -0.05) is 25.3 Å². The molecule has 1 atom stereocenters. The quantitative estimate of drug-likeness (QED) is 0.835. The summed E-state index contributed by atoms with van der Waals surface area (Å²) in [5, 5.41) is 3.50. The number of hydrogen-bond acceptors (Lipinski definition) is 3. The minimum absolute atomic E-state index is 0.293. The van der Waals surface area contributed by atoms with E-state index < -0.39 is 0 Å². The molecule has 0 bridgehead atoms. The molecule has 0 heterocycles. The predicted octanol–water partition coefficient (Wildman–Crippen LogP) is 3.43.